The highest BCUT2D eigenvalue weighted by molar-refractivity contribution is 7.16. The second-order valence-electron chi connectivity index (χ2n) is 9.70. The highest BCUT2D eigenvalue weighted by atomic mass is 32.1. The molecule has 4 aromatic rings. The minimum Gasteiger partial charge on any atom is -0.394 e. The number of nitrogens with zero attached hydrogens (tertiary/aromatic N) is 2. The third-order valence-corrected chi connectivity index (χ3v) is 8.41. The standard InChI is InChI=1S/C29H29F3N4O4S2/c1-16(38)2-9-24(36-27(40)25-14-34-29(42-25)21-8-7-19(31)12-23(21)32)26(39)35-20(15-37)13-22(28-33-10-11-41-28)17-3-5-18(30)6-4-17/h3-8,10-12,14,16,20,22,24,37-38H,2,9,13,15H2,1H3,(H,35,39)(H,36,40)/t16?,20-,22?,24-/m0/s1. The fraction of sp³-hybridized carbons (Fsp3) is 0.310. The Morgan fingerprint density at radius 2 is 1.74 bits per heavy atom. The van der Waals surface area contributed by atoms with Crippen LogP contribution in [0.5, 0.6) is 0 Å². The van der Waals surface area contributed by atoms with E-state index in [1.165, 1.54) is 35.7 Å². The van der Waals surface area contributed by atoms with E-state index in [4.69, 9.17) is 0 Å². The van der Waals surface area contributed by atoms with Crippen LogP contribution < -0.4 is 10.6 Å². The lowest BCUT2D eigenvalue weighted by Gasteiger charge is -2.25. The van der Waals surface area contributed by atoms with Crippen LogP contribution >= 0.6 is 22.7 Å². The maximum atomic E-state index is 14.2. The minimum atomic E-state index is -1.07. The molecule has 4 rings (SSSR count). The molecule has 4 atom stereocenters. The Bertz CT molecular complexity index is 1480. The molecule has 0 bridgehead atoms. The molecular weight excluding hydrogens is 589 g/mol. The SMILES string of the molecule is CC(O)CC[C@H](NC(=O)c1cnc(-c2ccc(F)cc2F)s1)C(=O)N[C@H](CO)CC(c1ccc(F)cc1)c1nccs1. The summed E-state index contributed by atoms with van der Waals surface area (Å²) in [6.45, 7) is 1.15. The molecule has 0 saturated carbocycles. The third-order valence-electron chi connectivity index (χ3n) is 6.49. The van der Waals surface area contributed by atoms with E-state index in [0.717, 1.165) is 34.0 Å². The van der Waals surface area contributed by atoms with Gasteiger partial charge in [0.15, 0.2) is 0 Å². The molecule has 2 unspecified atom stereocenters. The molecule has 8 nitrogen and oxygen atoms in total. The largest absolute Gasteiger partial charge is 0.394 e. The molecule has 13 heteroatoms. The minimum absolute atomic E-state index is 0.0329. The Kier molecular flexibility index (Phi) is 10.8. The zero-order valence-corrected chi connectivity index (χ0v) is 24.1. The van der Waals surface area contributed by atoms with Crippen LogP contribution in [0.25, 0.3) is 10.6 Å². The van der Waals surface area contributed by atoms with Gasteiger partial charge in [-0.05, 0) is 56.0 Å². The third kappa shape index (κ3) is 8.22. The van der Waals surface area contributed by atoms with Gasteiger partial charge in [-0.3, -0.25) is 9.59 Å². The van der Waals surface area contributed by atoms with Crippen molar-refractivity contribution < 1.29 is 33.0 Å². The molecule has 222 valence electrons. The lowest BCUT2D eigenvalue weighted by atomic mass is 9.92. The molecule has 0 aliphatic carbocycles. The summed E-state index contributed by atoms with van der Waals surface area (Å²) in [5.41, 5.74) is 0.794. The van der Waals surface area contributed by atoms with Gasteiger partial charge in [0, 0.05) is 29.1 Å². The number of halogens is 3. The van der Waals surface area contributed by atoms with Gasteiger partial charge in [0.25, 0.3) is 5.91 Å². The Balaban J connectivity index is 1.48. The van der Waals surface area contributed by atoms with Gasteiger partial charge in [-0.2, -0.15) is 0 Å². The average Bonchev–Trinajstić information content (AvgIpc) is 3.67. The highest BCUT2D eigenvalue weighted by Gasteiger charge is 2.28. The zero-order chi connectivity index (χ0) is 30.2. The van der Waals surface area contributed by atoms with Gasteiger partial charge in [-0.25, -0.2) is 23.1 Å². The first-order valence-electron chi connectivity index (χ1n) is 13.1. The van der Waals surface area contributed by atoms with Gasteiger partial charge in [-0.1, -0.05) is 12.1 Å². The number of carbonyl (C=O) groups excluding carboxylic acids is 2. The zero-order valence-electron chi connectivity index (χ0n) is 22.5. The van der Waals surface area contributed by atoms with Crippen molar-refractivity contribution in [2.45, 2.75) is 50.3 Å². The molecule has 0 fully saturated rings. The van der Waals surface area contributed by atoms with Crippen molar-refractivity contribution >= 4 is 34.5 Å². The summed E-state index contributed by atoms with van der Waals surface area (Å²) < 4.78 is 41.1. The number of aliphatic hydroxyl groups excluding tert-OH is 2. The van der Waals surface area contributed by atoms with Gasteiger partial charge in [0.05, 0.1) is 24.9 Å². The first kappa shape index (κ1) is 31.3. The van der Waals surface area contributed by atoms with Crippen molar-refractivity contribution in [1.82, 2.24) is 20.6 Å². The number of amides is 2. The lowest BCUT2D eigenvalue weighted by molar-refractivity contribution is -0.124. The van der Waals surface area contributed by atoms with Crippen LogP contribution in [0.4, 0.5) is 13.2 Å². The molecule has 0 aliphatic rings. The van der Waals surface area contributed by atoms with Gasteiger partial charge in [0.1, 0.15) is 38.4 Å². The summed E-state index contributed by atoms with van der Waals surface area (Å²) in [5.74, 6) is -3.51. The predicted molar refractivity (Wildman–Crippen MR) is 154 cm³/mol. The van der Waals surface area contributed by atoms with Gasteiger partial charge < -0.3 is 20.8 Å². The van der Waals surface area contributed by atoms with Crippen molar-refractivity contribution in [3.63, 3.8) is 0 Å². The summed E-state index contributed by atoms with van der Waals surface area (Å²) in [6, 6.07) is 7.15. The van der Waals surface area contributed by atoms with E-state index in [1.54, 1.807) is 30.6 Å². The van der Waals surface area contributed by atoms with Crippen LogP contribution in [0, 0.1) is 17.5 Å². The van der Waals surface area contributed by atoms with Crippen LogP contribution in [0.3, 0.4) is 0 Å². The number of hydrogen-bond acceptors (Lipinski definition) is 8. The molecule has 2 heterocycles. The molecule has 2 aromatic heterocycles. The Morgan fingerprint density at radius 3 is 2.38 bits per heavy atom. The topological polar surface area (TPSA) is 124 Å². The number of thiazole rings is 2. The molecule has 2 aromatic carbocycles. The smallest absolute Gasteiger partial charge is 0.263 e. The molecule has 0 aliphatic heterocycles. The summed E-state index contributed by atoms with van der Waals surface area (Å²) in [4.78, 5) is 35.0. The van der Waals surface area contributed by atoms with Crippen molar-refractivity contribution in [1.29, 1.82) is 0 Å². The van der Waals surface area contributed by atoms with E-state index in [0.29, 0.717) is 0 Å². The fourth-order valence-electron chi connectivity index (χ4n) is 4.32. The van der Waals surface area contributed by atoms with Gasteiger partial charge in [-0.15, -0.1) is 22.7 Å². The van der Waals surface area contributed by atoms with E-state index >= 15 is 0 Å². The summed E-state index contributed by atoms with van der Waals surface area (Å²) in [5, 5.41) is 28.1. The number of nitrogens with one attached hydrogen (secondary N) is 2. The number of aliphatic hydroxyl groups is 2. The van der Waals surface area contributed by atoms with Crippen molar-refractivity contribution in [3.05, 3.63) is 93.1 Å². The summed E-state index contributed by atoms with van der Waals surface area (Å²) in [6.07, 6.45) is 2.68. The Morgan fingerprint density at radius 1 is 1.00 bits per heavy atom. The van der Waals surface area contributed by atoms with Crippen LogP contribution in [-0.2, 0) is 4.79 Å². The van der Waals surface area contributed by atoms with Crippen LogP contribution in [-0.4, -0.2) is 56.8 Å². The second-order valence-corrected chi connectivity index (χ2v) is 11.7. The van der Waals surface area contributed by atoms with E-state index < -0.39 is 54.1 Å². The number of carbonyl (C=O) groups is 2. The maximum absolute atomic E-state index is 14.2. The van der Waals surface area contributed by atoms with E-state index in [1.807, 2.05) is 0 Å². The van der Waals surface area contributed by atoms with E-state index in [9.17, 15) is 33.0 Å². The van der Waals surface area contributed by atoms with E-state index in [-0.39, 0.29) is 40.6 Å². The average molecular weight is 619 g/mol. The number of hydrogen-bond donors (Lipinski definition) is 4. The van der Waals surface area contributed by atoms with Gasteiger partial charge >= 0.3 is 0 Å². The van der Waals surface area contributed by atoms with E-state index in [2.05, 4.69) is 20.6 Å². The summed E-state index contributed by atoms with van der Waals surface area (Å²) in [7, 11) is 0. The first-order chi connectivity index (χ1) is 20.1. The number of rotatable bonds is 13. The van der Waals surface area contributed by atoms with Crippen molar-refractivity contribution in [2.75, 3.05) is 6.61 Å². The fourth-order valence-corrected chi connectivity index (χ4v) is 5.94. The Labute approximate surface area is 248 Å². The molecular formula is C29H29F3N4O4S2. The normalized spacial score (nSPS) is 14.1. The lowest BCUT2D eigenvalue weighted by Crippen LogP contribution is -2.51. The Hall–Kier alpha value is -3.65. The number of aromatic nitrogens is 2. The molecule has 4 N–H and O–H groups in total. The molecule has 0 radical (unpaired) electrons. The quantitative estimate of drug-likeness (QED) is 0.173. The number of benzene rings is 2. The van der Waals surface area contributed by atoms with Crippen molar-refractivity contribution in [3.8, 4) is 10.6 Å². The first-order valence-corrected chi connectivity index (χ1v) is 14.8. The van der Waals surface area contributed by atoms with Crippen molar-refractivity contribution in [2.24, 2.45) is 0 Å². The van der Waals surface area contributed by atoms with Gasteiger partial charge in [0.2, 0.25) is 5.91 Å². The van der Waals surface area contributed by atoms with Crippen LogP contribution in [0.15, 0.2) is 60.2 Å². The molecule has 2 amide bonds. The molecule has 0 saturated heterocycles. The predicted octanol–water partition coefficient (Wildman–Crippen LogP) is 4.64. The maximum Gasteiger partial charge on any atom is 0.263 e. The van der Waals surface area contributed by atoms with Crippen LogP contribution in [0.1, 0.15) is 52.3 Å². The second kappa shape index (κ2) is 14.5. The summed E-state index contributed by atoms with van der Waals surface area (Å²) >= 11 is 2.27. The monoisotopic (exact) mass is 618 g/mol. The highest BCUT2D eigenvalue weighted by Crippen LogP contribution is 2.31. The molecule has 42 heavy (non-hydrogen) atoms. The molecule has 0 spiro atoms. The van der Waals surface area contributed by atoms with Crippen LogP contribution in [0.2, 0.25) is 0 Å².